The van der Waals surface area contributed by atoms with E-state index in [2.05, 4.69) is 5.32 Å². The van der Waals surface area contributed by atoms with Crippen LogP contribution < -0.4 is 5.32 Å². The first-order valence-electron chi connectivity index (χ1n) is 4.93. The minimum atomic E-state index is 0.0597. The second-order valence-electron chi connectivity index (χ2n) is 3.78. The summed E-state index contributed by atoms with van der Waals surface area (Å²) in [5, 5.41) is 13.1. The SMILES string of the molecule is OCc1ccc(Cl)cc1NCC1CC1. The molecule has 1 saturated carbocycles. The lowest BCUT2D eigenvalue weighted by atomic mass is 10.2. The Morgan fingerprint density at radius 2 is 2.21 bits per heavy atom. The summed E-state index contributed by atoms with van der Waals surface area (Å²) in [5.74, 6) is 0.820. The average molecular weight is 212 g/mol. The normalized spacial score (nSPS) is 15.6. The molecule has 0 aromatic heterocycles. The Morgan fingerprint density at radius 3 is 2.86 bits per heavy atom. The molecule has 76 valence electrons. The van der Waals surface area contributed by atoms with E-state index in [-0.39, 0.29) is 6.61 Å². The van der Waals surface area contributed by atoms with Crippen LogP contribution in [0.15, 0.2) is 18.2 Å². The van der Waals surface area contributed by atoms with Crippen molar-refractivity contribution in [2.24, 2.45) is 5.92 Å². The predicted octanol–water partition coefficient (Wildman–Crippen LogP) is 2.65. The molecule has 1 aromatic rings. The highest BCUT2D eigenvalue weighted by Gasteiger charge is 2.20. The first-order chi connectivity index (χ1) is 6.79. The first kappa shape index (κ1) is 9.81. The lowest BCUT2D eigenvalue weighted by Gasteiger charge is -2.10. The molecule has 0 aliphatic heterocycles. The zero-order valence-electron chi connectivity index (χ0n) is 7.96. The van der Waals surface area contributed by atoms with Crippen molar-refractivity contribution >= 4 is 17.3 Å². The van der Waals surface area contributed by atoms with Crippen LogP contribution >= 0.6 is 11.6 Å². The summed E-state index contributed by atoms with van der Waals surface area (Å²) in [5.41, 5.74) is 1.88. The van der Waals surface area contributed by atoms with E-state index in [0.717, 1.165) is 23.7 Å². The molecule has 0 radical (unpaired) electrons. The average Bonchev–Trinajstić information content (AvgIpc) is 2.98. The molecular weight excluding hydrogens is 198 g/mol. The van der Waals surface area contributed by atoms with E-state index >= 15 is 0 Å². The topological polar surface area (TPSA) is 32.3 Å². The summed E-state index contributed by atoms with van der Waals surface area (Å²) in [7, 11) is 0. The molecular formula is C11H14ClNO. The van der Waals surface area contributed by atoms with Gasteiger partial charge in [0.05, 0.1) is 6.61 Å². The fourth-order valence-electron chi connectivity index (χ4n) is 1.43. The van der Waals surface area contributed by atoms with E-state index in [4.69, 9.17) is 16.7 Å². The number of benzene rings is 1. The van der Waals surface area contributed by atoms with Crippen LogP contribution in [0, 0.1) is 5.92 Å². The number of hydrogen-bond acceptors (Lipinski definition) is 2. The van der Waals surface area contributed by atoms with E-state index in [9.17, 15) is 0 Å². The summed E-state index contributed by atoms with van der Waals surface area (Å²) in [6.07, 6.45) is 2.64. The highest BCUT2D eigenvalue weighted by Crippen LogP contribution is 2.30. The standard InChI is InChI=1S/C11H14ClNO/c12-10-4-3-9(7-14)11(5-10)13-6-8-1-2-8/h3-5,8,13-14H,1-2,6-7H2. The van der Waals surface area contributed by atoms with Gasteiger partial charge in [-0.2, -0.15) is 0 Å². The van der Waals surface area contributed by atoms with Gasteiger partial charge in [-0.05, 0) is 30.9 Å². The van der Waals surface area contributed by atoms with Gasteiger partial charge in [-0.15, -0.1) is 0 Å². The van der Waals surface area contributed by atoms with Crippen LogP contribution in [0.5, 0.6) is 0 Å². The molecule has 0 atom stereocenters. The van der Waals surface area contributed by atoms with E-state index in [0.29, 0.717) is 5.02 Å². The van der Waals surface area contributed by atoms with Crippen LogP contribution in [0.3, 0.4) is 0 Å². The Morgan fingerprint density at radius 1 is 1.43 bits per heavy atom. The molecule has 2 rings (SSSR count). The van der Waals surface area contributed by atoms with Crippen LogP contribution in [-0.2, 0) is 6.61 Å². The Balaban J connectivity index is 2.07. The van der Waals surface area contributed by atoms with Gasteiger partial charge < -0.3 is 10.4 Å². The maximum atomic E-state index is 9.11. The maximum absolute atomic E-state index is 9.11. The zero-order valence-corrected chi connectivity index (χ0v) is 8.72. The molecule has 2 N–H and O–H groups in total. The molecule has 1 fully saturated rings. The lowest BCUT2D eigenvalue weighted by Crippen LogP contribution is -2.05. The molecule has 0 spiro atoms. The van der Waals surface area contributed by atoms with Crippen LogP contribution in [0.4, 0.5) is 5.69 Å². The second-order valence-corrected chi connectivity index (χ2v) is 4.22. The molecule has 0 saturated heterocycles. The third kappa shape index (κ3) is 2.40. The molecule has 1 aliphatic rings. The molecule has 1 aromatic carbocycles. The number of aliphatic hydroxyl groups excluding tert-OH is 1. The number of rotatable bonds is 4. The van der Waals surface area contributed by atoms with Crippen LogP contribution in [0.1, 0.15) is 18.4 Å². The largest absolute Gasteiger partial charge is 0.392 e. The summed E-state index contributed by atoms with van der Waals surface area (Å²) < 4.78 is 0. The summed E-state index contributed by atoms with van der Waals surface area (Å²) in [6.45, 7) is 1.05. The molecule has 0 amide bonds. The lowest BCUT2D eigenvalue weighted by molar-refractivity contribution is 0.282. The van der Waals surface area contributed by atoms with E-state index in [1.807, 2.05) is 12.1 Å². The van der Waals surface area contributed by atoms with Gasteiger partial charge in [0, 0.05) is 22.8 Å². The predicted molar refractivity (Wildman–Crippen MR) is 58.6 cm³/mol. The monoisotopic (exact) mass is 211 g/mol. The van der Waals surface area contributed by atoms with Crippen molar-refractivity contribution in [3.63, 3.8) is 0 Å². The van der Waals surface area contributed by atoms with Crippen molar-refractivity contribution in [2.75, 3.05) is 11.9 Å². The van der Waals surface area contributed by atoms with Gasteiger partial charge >= 0.3 is 0 Å². The Hall–Kier alpha value is -0.730. The summed E-state index contributed by atoms with van der Waals surface area (Å²) in [6, 6.07) is 5.53. The summed E-state index contributed by atoms with van der Waals surface area (Å²) >= 11 is 5.88. The third-order valence-electron chi connectivity index (χ3n) is 2.52. The third-order valence-corrected chi connectivity index (χ3v) is 2.76. The van der Waals surface area contributed by atoms with Gasteiger partial charge in [-0.25, -0.2) is 0 Å². The van der Waals surface area contributed by atoms with Crippen molar-refractivity contribution in [1.29, 1.82) is 0 Å². The Kier molecular flexibility index (Phi) is 2.94. The number of nitrogens with one attached hydrogen (secondary N) is 1. The number of halogens is 1. The quantitative estimate of drug-likeness (QED) is 0.803. The van der Waals surface area contributed by atoms with Gasteiger partial charge in [-0.3, -0.25) is 0 Å². The zero-order chi connectivity index (χ0) is 9.97. The fraction of sp³-hybridized carbons (Fsp3) is 0.455. The Labute approximate surface area is 88.9 Å². The molecule has 1 aliphatic carbocycles. The number of hydrogen-bond donors (Lipinski definition) is 2. The molecule has 0 bridgehead atoms. The van der Waals surface area contributed by atoms with Gasteiger partial charge in [0.25, 0.3) is 0 Å². The van der Waals surface area contributed by atoms with Crippen molar-refractivity contribution in [3.05, 3.63) is 28.8 Å². The van der Waals surface area contributed by atoms with Crippen molar-refractivity contribution in [3.8, 4) is 0 Å². The van der Waals surface area contributed by atoms with E-state index < -0.39 is 0 Å². The van der Waals surface area contributed by atoms with Crippen LogP contribution in [-0.4, -0.2) is 11.7 Å². The number of anilines is 1. The molecule has 2 nitrogen and oxygen atoms in total. The van der Waals surface area contributed by atoms with Gasteiger partial charge in [0.2, 0.25) is 0 Å². The summed E-state index contributed by atoms with van der Waals surface area (Å²) in [4.78, 5) is 0. The smallest absolute Gasteiger partial charge is 0.0701 e. The second kappa shape index (κ2) is 4.20. The maximum Gasteiger partial charge on any atom is 0.0701 e. The first-order valence-corrected chi connectivity index (χ1v) is 5.30. The van der Waals surface area contributed by atoms with E-state index in [1.54, 1.807) is 6.07 Å². The minimum Gasteiger partial charge on any atom is -0.392 e. The molecule has 0 unspecified atom stereocenters. The molecule has 3 heteroatoms. The van der Waals surface area contributed by atoms with Crippen molar-refractivity contribution in [1.82, 2.24) is 0 Å². The molecule has 0 heterocycles. The van der Waals surface area contributed by atoms with Crippen LogP contribution in [0.2, 0.25) is 5.02 Å². The number of aliphatic hydroxyl groups is 1. The Bertz CT molecular complexity index is 323. The van der Waals surface area contributed by atoms with E-state index in [1.165, 1.54) is 12.8 Å². The van der Waals surface area contributed by atoms with Gasteiger partial charge in [-0.1, -0.05) is 17.7 Å². The molecule has 14 heavy (non-hydrogen) atoms. The van der Waals surface area contributed by atoms with Crippen molar-refractivity contribution < 1.29 is 5.11 Å². The highest BCUT2D eigenvalue weighted by atomic mass is 35.5. The van der Waals surface area contributed by atoms with Gasteiger partial charge in [0.1, 0.15) is 0 Å². The van der Waals surface area contributed by atoms with Crippen LogP contribution in [0.25, 0.3) is 0 Å². The fourth-order valence-corrected chi connectivity index (χ4v) is 1.60. The van der Waals surface area contributed by atoms with Gasteiger partial charge in [0.15, 0.2) is 0 Å². The highest BCUT2D eigenvalue weighted by molar-refractivity contribution is 6.30. The van der Waals surface area contributed by atoms with Crippen molar-refractivity contribution in [2.45, 2.75) is 19.4 Å². The minimum absolute atomic E-state index is 0.0597.